The number of aliphatic hydroxyl groups excluding tert-OH is 5. The van der Waals surface area contributed by atoms with Crippen LogP contribution in [0, 0.1) is 11.8 Å². The summed E-state index contributed by atoms with van der Waals surface area (Å²) in [6.07, 6.45) is -7.02. The molecule has 3 heterocycles. The Hall–Kier alpha value is -2.49. The number of fused-ring (bicyclic) bond motifs is 3. The van der Waals surface area contributed by atoms with E-state index in [-0.39, 0.29) is 5.56 Å². The predicted molar refractivity (Wildman–Crippen MR) is 119 cm³/mol. The molecule has 1 aromatic rings. The summed E-state index contributed by atoms with van der Waals surface area (Å²) in [5, 5.41) is 50.2. The maximum Gasteiger partial charge on any atom is 0.338 e. The summed E-state index contributed by atoms with van der Waals surface area (Å²) in [5.74, 6) is -1.00. The zero-order valence-electron chi connectivity index (χ0n) is 20.1. The van der Waals surface area contributed by atoms with Crippen LogP contribution < -0.4 is 9.47 Å². The van der Waals surface area contributed by atoms with Crippen molar-refractivity contribution < 1.29 is 63.5 Å². The van der Waals surface area contributed by atoms with Crippen molar-refractivity contribution in [3.63, 3.8) is 0 Å². The van der Waals surface area contributed by atoms with Gasteiger partial charge in [-0.15, -0.1) is 0 Å². The quantitative estimate of drug-likeness (QED) is 0.191. The first-order valence-corrected chi connectivity index (χ1v) is 11.8. The van der Waals surface area contributed by atoms with E-state index in [1.807, 2.05) is 0 Å². The van der Waals surface area contributed by atoms with Gasteiger partial charge in [-0.2, -0.15) is 0 Å². The van der Waals surface area contributed by atoms with Crippen LogP contribution in [0.3, 0.4) is 0 Å². The highest BCUT2D eigenvalue weighted by atomic mass is 16.8. The number of hydrogen-bond donors (Lipinski definition) is 5. The molecule has 0 spiro atoms. The standard InChI is InChI=1S/C24H30O13/c1-31-12-4-3-10(7-13(12)32-2)21(30)35-19-11-5-6-33-22(15(11)24(9-26)20(19)37-24)36-23-18(29)17(28)16(27)14(8-25)34-23/h3-7,11,14-20,22-23,25-29H,8-9H2,1-2H3/t11-,14+,15-,16+,17-,18+,19-,20-,22+,23-,24+/m0/s1. The molecular formula is C24H30O13. The molecule has 1 aromatic carbocycles. The van der Waals surface area contributed by atoms with Gasteiger partial charge in [0.1, 0.15) is 42.2 Å². The van der Waals surface area contributed by atoms with Crippen LogP contribution in [0.5, 0.6) is 11.5 Å². The molecule has 4 aliphatic rings. The van der Waals surface area contributed by atoms with E-state index in [1.54, 1.807) is 12.1 Å². The number of aliphatic hydroxyl groups is 5. The molecule has 13 heteroatoms. The Labute approximate surface area is 211 Å². The normalized spacial score (nSPS) is 41.8. The Morgan fingerprint density at radius 2 is 1.78 bits per heavy atom. The van der Waals surface area contributed by atoms with Crippen molar-refractivity contribution >= 4 is 5.97 Å². The SMILES string of the molecule is COc1ccc(C(=O)O[C@H]2[C@H]3C=CO[C@H](O[C@@H]4O[C@H](CO)[C@@H](O)[C@H](O)[C@H]4O)[C@H]3[C@@]3(CO)O[C@@H]23)cc1OC. The fourth-order valence-electron chi connectivity index (χ4n) is 5.44. The van der Waals surface area contributed by atoms with E-state index in [2.05, 4.69) is 0 Å². The molecule has 1 saturated carbocycles. The fourth-order valence-corrected chi connectivity index (χ4v) is 5.44. The smallest absolute Gasteiger partial charge is 0.338 e. The Morgan fingerprint density at radius 1 is 1.03 bits per heavy atom. The predicted octanol–water partition coefficient (Wildman–Crippen LogP) is -1.71. The van der Waals surface area contributed by atoms with Gasteiger partial charge >= 0.3 is 5.97 Å². The van der Waals surface area contributed by atoms with Crippen molar-refractivity contribution in [3.8, 4) is 11.5 Å². The summed E-state index contributed by atoms with van der Waals surface area (Å²) in [5.41, 5.74) is -0.918. The highest BCUT2D eigenvalue weighted by molar-refractivity contribution is 5.90. The van der Waals surface area contributed by atoms with Crippen LogP contribution in [0.2, 0.25) is 0 Å². The number of carbonyl (C=O) groups excluding carboxylic acids is 1. The maximum absolute atomic E-state index is 13.0. The van der Waals surface area contributed by atoms with E-state index in [1.165, 1.54) is 32.6 Å². The molecule has 0 amide bonds. The van der Waals surface area contributed by atoms with Gasteiger partial charge in [-0.25, -0.2) is 4.79 Å². The second-order valence-corrected chi connectivity index (χ2v) is 9.36. The van der Waals surface area contributed by atoms with E-state index in [4.69, 9.17) is 33.2 Å². The molecule has 11 atom stereocenters. The number of esters is 1. The first kappa shape index (κ1) is 26.1. The lowest BCUT2D eigenvalue weighted by Gasteiger charge is -2.43. The summed E-state index contributed by atoms with van der Waals surface area (Å²) < 4.78 is 39.0. The van der Waals surface area contributed by atoms with Crippen molar-refractivity contribution in [3.05, 3.63) is 36.1 Å². The molecule has 2 saturated heterocycles. The molecule has 5 rings (SSSR count). The largest absolute Gasteiger partial charge is 0.493 e. The van der Waals surface area contributed by atoms with E-state index < -0.39 is 85.8 Å². The third-order valence-electron chi connectivity index (χ3n) is 7.46. The first-order valence-electron chi connectivity index (χ1n) is 11.8. The van der Waals surface area contributed by atoms with E-state index in [9.17, 15) is 30.3 Å². The minimum atomic E-state index is -1.65. The highest BCUT2D eigenvalue weighted by Gasteiger charge is 2.77. The minimum Gasteiger partial charge on any atom is -0.493 e. The van der Waals surface area contributed by atoms with Crippen molar-refractivity contribution in [2.24, 2.45) is 11.8 Å². The summed E-state index contributed by atoms with van der Waals surface area (Å²) in [6, 6.07) is 4.61. The third-order valence-corrected chi connectivity index (χ3v) is 7.46. The van der Waals surface area contributed by atoms with Gasteiger partial charge in [-0.1, -0.05) is 0 Å². The van der Waals surface area contributed by atoms with Gasteiger partial charge in [0, 0.05) is 5.92 Å². The van der Waals surface area contributed by atoms with Crippen LogP contribution in [0.1, 0.15) is 10.4 Å². The highest BCUT2D eigenvalue weighted by Crippen LogP contribution is 2.60. The lowest BCUT2D eigenvalue weighted by Crippen LogP contribution is -2.60. The average Bonchev–Trinajstić information content (AvgIpc) is 3.60. The van der Waals surface area contributed by atoms with Crippen molar-refractivity contribution in [2.45, 2.75) is 54.8 Å². The lowest BCUT2D eigenvalue weighted by atomic mass is 9.85. The Morgan fingerprint density at radius 3 is 2.46 bits per heavy atom. The lowest BCUT2D eigenvalue weighted by molar-refractivity contribution is -0.344. The molecule has 37 heavy (non-hydrogen) atoms. The van der Waals surface area contributed by atoms with E-state index in [0.717, 1.165) is 0 Å². The number of hydrogen-bond acceptors (Lipinski definition) is 13. The molecule has 1 aliphatic carbocycles. The molecule has 204 valence electrons. The van der Waals surface area contributed by atoms with E-state index in [0.29, 0.717) is 11.5 Å². The first-order chi connectivity index (χ1) is 17.8. The van der Waals surface area contributed by atoms with Crippen LogP contribution >= 0.6 is 0 Å². The Balaban J connectivity index is 1.34. The summed E-state index contributed by atoms with van der Waals surface area (Å²) >= 11 is 0. The summed E-state index contributed by atoms with van der Waals surface area (Å²) in [4.78, 5) is 13.0. The second-order valence-electron chi connectivity index (χ2n) is 9.36. The number of epoxide rings is 1. The van der Waals surface area contributed by atoms with Gasteiger partial charge in [0.25, 0.3) is 0 Å². The number of methoxy groups -OCH3 is 2. The van der Waals surface area contributed by atoms with Gasteiger partial charge in [0.15, 0.2) is 17.8 Å². The van der Waals surface area contributed by atoms with Crippen LogP contribution in [0.25, 0.3) is 0 Å². The number of ether oxygens (including phenoxy) is 7. The monoisotopic (exact) mass is 526 g/mol. The van der Waals surface area contributed by atoms with Crippen LogP contribution in [-0.4, -0.2) is 114 Å². The molecule has 3 aliphatic heterocycles. The van der Waals surface area contributed by atoms with Gasteiger partial charge < -0.3 is 58.7 Å². The number of rotatable bonds is 8. The number of carbonyl (C=O) groups is 1. The molecule has 0 unspecified atom stereocenters. The van der Waals surface area contributed by atoms with Crippen LogP contribution in [0.4, 0.5) is 0 Å². The van der Waals surface area contributed by atoms with Crippen LogP contribution in [-0.2, 0) is 23.7 Å². The molecular weight excluding hydrogens is 496 g/mol. The van der Waals surface area contributed by atoms with Crippen molar-refractivity contribution in [1.82, 2.24) is 0 Å². The molecule has 0 bridgehead atoms. The Bertz CT molecular complexity index is 1030. The zero-order chi connectivity index (χ0) is 26.5. The number of benzene rings is 1. The van der Waals surface area contributed by atoms with Crippen molar-refractivity contribution in [1.29, 1.82) is 0 Å². The summed E-state index contributed by atoms with van der Waals surface area (Å²) in [7, 11) is 2.93. The third kappa shape index (κ3) is 4.25. The zero-order valence-corrected chi connectivity index (χ0v) is 20.1. The average molecular weight is 526 g/mol. The molecule has 3 fully saturated rings. The maximum atomic E-state index is 13.0. The van der Waals surface area contributed by atoms with Gasteiger partial charge in [0.05, 0.1) is 45.2 Å². The van der Waals surface area contributed by atoms with Gasteiger partial charge in [-0.3, -0.25) is 0 Å². The van der Waals surface area contributed by atoms with Gasteiger partial charge in [0.2, 0.25) is 6.29 Å². The molecule has 0 aromatic heterocycles. The van der Waals surface area contributed by atoms with Crippen LogP contribution in [0.15, 0.2) is 30.5 Å². The Kier molecular flexibility index (Phi) is 7.06. The topological polar surface area (TPSA) is 186 Å². The molecule has 5 N–H and O–H groups in total. The van der Waals surface area contributed by atoms with Crippen molar-refractivity contribution in [2.75, 3.05) is 27.4 Å². The second kappa shape index (κ2) is 10.0. The summed E-state index contributed by atoms with van der Waals surface area (Å²) in [6.45, 7) is -1.04. The minimum absolute atomic E-state index is 0.224. The molecule has 0 radical (unpaired) electrons. The molecule has 13 nitrogen and oxygen atoms in total. The fraction of sp³-hybridized carbons (Fsp3) is 0.625. The van der Waals surface area contributed by atoms with E-state index >= 15 is 0 Å². The van der Waals surface area contributed by atoms with Gasteiger partial charge in [-0.05, 0) is 24.3 Å².